The minimum Gasteiger partial charge on any atom is -0.311 e. The molecule has 0 aromatic carbocycles. The molecule has 0 unspecified atom stereocenters. The smallest absolute Gasteiger partial charge is 0.137 e. The Balaban J connectivity index is 1.59. The Morgan fingerprint density at radius 2 is 2.44 bits per heavy atom. The molecule has 0 bridgehead atoms. The third-order valence-electron chi connectivity index (χ3n) is 2.20. The van der Waals surface area contributed by atoms with Crippen LogP contribution in [0.1, 0.15) is 22.9 Å². The number of rotatable bonds is 6. The van der Waals surface area contributed by atoms with Crippen molar-refractivity contribution >= 4 is 11.3 Å². The van der Waals surface area contributed by atoms with Crippen LogP contribution in [0.15, 0.2) is 11.7 Å². The van der Waals surface area contributed by atoms with Crippen molar-refractivity contribution in [2.75, 3.05) is 6.54 Å². The van der Waals surface area contributed by atoms with Crippen molar-refractivity contribution in [3.63, 3.8) is 0 Å². The number of nitrogens with one attached hydrogen (secondary N) is 2. The highest BCUT2D eigenvalue weighted by Crippen LogP contribution is 2.07. The van der Waals surface area contributed by atoms with Gasteiger partial charge in [0.1, 0.15) is 12.2 Å². The van der Waals surface area contributed by atoms with Gasteiger partial charge in [-0.25, -0.2) is 9.97 Å². The van der Waals surface area contributed by atoms with Gasteiger partial charge in [-0.2, -0.15) is 5.10 Å². The second-order valence-corrected chi connectivity index (χ2v) is 4.63. The summed E-state index contributed by atoms with van der Waals surface area (Å²) in [5, 5.41) is 13.2. The Kier molecular flexibility index (Phi) is 4.01. The Morgan fingerprint density at radius 1 is 1.50 bits per heavy atom. The van der Waals surface area contributed by atoms with Crippen LogP contribution in [-0.4, -0.2) is 26.7 Å². The lowest BCUT2D eigenvalue weighted by Crippen LogP contribution is -2.15. The first kappa shape index (κ1) is 11.2. The molecule has 0 aliphatic heterocycles. The summed E-state index contributed by atoms with van der Waals surface area (Å²) < 4.78 is 0. The van der Waals surface area contributed by atoms with Gasteiger partial charge in [-0.3, -0.25) is 5.10 Å². The molecule has 6 heteroatoms. The van der Waals surface area contributed by atoms with Gasteiger partial charge in [0.25, 0.3) is 0 Å². The van der Waals surface area contributed by atoms with E-state index < -0.39 is 0 Å². The fourth-order valence-electron chi connectivity index (χ4n) is 1.44. The Hall–Kier alpha value is -1.27. The molecular formula is C10H15N5S. The molecule has 2 N–H and O–H groups in total. The summed E-state index contributed by atoms with van der Waals surface area (Å²) in [6.45, 7) is 3.84. The van der Waals surface area contributed by atoms with E-state index in [1.807, 2.05) is 6.92 Å². The summed E-state index contributed by atoms with van der Waals surface area (Å²) in [5.41, 5.74) is 1.13. The second-order valence-electron chi connectivity index (χ2n) is 3.57. The van der Waals surface area contributed by atoms with Crippen LogP contribution in [0, 0.1) is 6.92 Å². The Labute approximate surface area is 98.3 Å². The minimum absolute atomic E-state index is 0.848. The summed E-state index contributed by atoms with van der Waals surface area (Å²) >= 11 is 1.69. The molecule has 0 spiro atoms. The van der Waals surface area contributed by atoms with Gasteiger partial charge in [-0.1, -0.05) is 0 Å². The lowest BCUT2D eigenvalue weighted by molar-refractivity contribution is 0.633. The number of aryl methyl sites for hydroxylation is 2. The van der Waals surface area contributed by atoms with Crippen LogP contribution >= 0.6 is 11.3 Å². The lowest BCUT2D eigenvalue weighted by atomic mass is 10.3. The molecule has 0 aliphatic carbocycles. The molecule has 0 radical (unpaired) electrons. The summed E-state index contributed by atoms with van der Waals surface area (Å²) in [7, 11) is 0. The molecule has 2 heterocycles. The largest absolute Gasteiger partial charge is 0.311 e. The average molecular weight is 237 g/mol. The van der Waals surface area contributed by atoms with Crippen LogP contribution in [0.5, 0.6) is 0 Å². The lowest BCUT2D eigenvalue weighted by Gasteiger charge is -2.00. The van der Waals surface area contributed by atoms with E-state index in [1.54, 1.807) is 17.7 Å². The van der Waals surface area contributed by atoms with E-state index in [0.29, 0.717) is 0 Å². The standard InChI is InChI=1S/C10H15N5S/c1-8-14-9(6-16-8)5-11-4-2-3-10-12-7-13-15-10/h6-7,11H,2-5H2,1H3,(H,12,13,15). The van der Waals surface area contributed by atoms with E-state index in [-0.39, 0.29) is 0 Å². The average Bonchev–Trinajstić information content (AvgIpc) is 2.89. The molecule has 0 fully saturated rings. The van der Waals surface area contributed by atoms with E-state index in [0.717, 1.165) is 42.5 Å². The third-order valence-corrected chi connectivity index (χ3v) is 3.03. The van der Waals surface area contributed by atoms with Gasteiger partial charge in [-0.15, -0.1) is 11.3 Å². The van der Waals surface area contributed by atoms with Gasteiger partial charge >= 0.3 is 0 Å². The van der Waals surface area contributed by atoms with Crippen molar-refractivity contribution in [1.82, 2.24) is 25.5 Å². The summed E-state index contributed by atoms with van der Waals surface area (Å²) in [5.74, 6) is 0.950. The fraction of sp³-hybridized carbons (Fsp3) is 0.500. The van der Waals surface area contributed by atoms with E-state index in [9.17, 15) is 0 Å². The molecule has 2 aromatic heterocycles. The van der Waals surface area contributed by atoms with Crippen LogP contribution in [0.2, 0.25) is 0 Å². The normalized spacial score (nSPS) is 10.8. The van der Waals surface area contributed by atoms with E-state index in [4.69, 9.17) is 0 Å². The first-order chi connectivity index (χ1) is 7.84. The molecular weight excluding hydrogens is 222 g/mol. The maximum atomic E-state index is 4.39. The van der Waals surface area contributed by atoms with Gasteiger partial charge in [-0.05, 0) is 19.9 Å². The van der Waals surface area contributed by atoms with Crippen LogP contribution < -0.4 is 5.32 Å². The molecule has 0 aliphatic rings. The topological polar surface area (TPSA) is 66.5 Å². The molecule has 0 amide bonds. The van der Waals surface area contributed by atoms with Crippen molar-refractivity contribution < 1.29 is 0 Å². The van der Waals surface area contributed by atoms with Gasteiger partial charge < -0.3 is 5.32 Å². The highest BCUT2D eigenvalue weighted by Gasteiger charge is 1.98. The highest BCUT2D eigenvalue weighted by molar-refractivity contribution is 7.09. The molecule has 86 valence electrons. The predicted octanol–water partition coefficient (Wildman–Crippen LogP) is 1.29. The van der Waals surface area contributed by atoms with E-state index in [1.165, 1.54) is 0 Å². The first-order valence-electron chi connectivity index (χ1n) is 5.30. The fourth-order valence-corrected chi connectivity index (χ4v) is 2.05. The van der Waals surface area contributed by atoms with E-state index >= 15 is 0 Å². The van der Waals surface area contributed by atoms with Crippen molar-refractivity contribution in [3.05, 3.63) is 28.2 Å². The Bertz CT molecular complexity index is 409. The van der Waals surface area contributed by atoms with Gasteiger partial charge in [0.15, 0.2) is 0 Å². The third kappa shape index (κ3) is 3.39. The number of hydrogen-bond donors (Lipinski definition) is 2. The first-order valence-corrected chi connectivity index (χ1v) is 6.18. The quantitative estimate of drug-likeness (QED) is 0.743. The summed E-state index contributed by atoms with van der Waals surface area (Å²) in [6.07, 6.45) is 3.53. The molecule has 5 nitrogen and oxygen atoms in total. The zero-order chi connectivity index (χ0) is 11.2. The number of hydrogen-bond acceptors (Lipinski definition) is 5. The van der Waals surface area contributed by atoms with Crippen LogP contribution in [-0.2, 0) is 13.0 Å². The monoisotopic (exact) mass is 237 g/mol. The molecule has 0 saturated carbocycles. The molecule has 2 aromatic rings. The number of thiazole rings is 1. The maximum absolute atomic E-state index is 4.39. The molecule has 16 heavy (non-hydrogen) atoms. The number of H-pyrrole nitrogens is 1. The van der Waals surface area contributed by atoms with Crippen LogP contribution in [0.25, 0.3) is 0 Å². The van der Waals surface area contributed by atoms with Crippen LogP contribution in [0.3, 0.4) is 0 Å². The number of aromatic amines is 1. The second kappa shape index (κ2) is 5.72. The number of nitrogens with zero attached hydrogens (tertiary/aromatic N) is 3. The Morgan fingerprint density at radius 3 is 3.12 bits per heavy atom. The minimum atomic E-state index is 0.848. The summed E-state index contributed by atoms with van der Waals surface area (Å²) in [6, 6.07) is 0. The highest BCUT2D eigenvalue weighted by atomic mass is 32.1. The molecule has 2 rings (SSSR count). The number of aromatic nitrogens is 4. The van der Waals surface area contributed by atoms with Gasteiger partial charge in [0, 0.05) is 18.3 Å². The van der Waals surface area contributed by atoms with E-state index in [2.05, 4.69) is 30.9 Å². The molecule has 0 atom stereocenters. The molecule has 0 saturated heterocycles. The van der Waals surface area contributed by atoms with Crippen LogP contribution in [0.4, 0.5) is 0 Å². The summed E-state index contributed by atoms with van der Waals surface area (Å²) in [4.78, 5) is 8.46. The van der Waals surface area contributed by atoms with Crippen molar-refractivity contribution in [2.24, 2.45) is 0 Å². The van der Waals surface area contributed by atoms with Crippen molar-refractivity contribution in [1.29, 1.82) is 0 Å². The van der Waals surface area contributed by atoms with Crippen molar-refractivity contribution in [2.45, 2.75) is 26.3 Å². The SMILES string of the molecule is Cc1nc(CNCCCc2ncn[nH]2)cs1. The zero-order valence-corrected chi connectivity index (χ0v) is 10.0. The van der Waals surface area contributed by atoms with Crippen molar-refractivity contribution in [3.8, 4) is 0 Å². The predicted molar refractivity (Wildman–Crippen MR) is 63.3 cm³/mol. The van der Waals surface area contributed by atoms with Gasteiger partial charge in [0.05, 0.1) is 10.7 Å². The zero-order valence-electron chi connectivity index (χ0n) is 9.23. The maximum Gasteiger partial charge on any atom is 0.137 e. The van der Waals surface area contributed by atoms with Gasteiger partial charge in [0.2, 0.25) is 0 Å².